The average Bonchev–Trinajstić information content (AvgIpc) is 3.09. The van der Waals surface area contributed by atoms with Crippen LogP contribution in [-0.2, 0) is 6.54 Å². The average molecular weight is 383 g/mol. The topological polar surface area (TPSA) is 85.6 Å². The SMILES string of the molecule is Cc1cccc(-n2nc(C(F)F)nc2Cn2c(=O)[nH]c3ccccc3c2=O)c1. The van der Waals surface area contributed by atoms with E-state index in [1.807, 2.05) is 13.0 Å². The van der Waals surface area contributed by atoms with Gasteiger partial charge in [0.25, 0.3) is 12.0 Å². The number of para-hydroxylation sites is 1. The fourth-order valence-corrected chi connectivity index (χ4v) is 3.01. The molecule has 0 saturated carbocycles. The van der Waals surface area contributed by atoms with Crippen LogP contribution in [0.25, 0.3) is 16.6 Å². The van der Waals surface area contributed by atoms with Gasteiger partial charge in [-0.15, -0.1) is 5.10 Å². The number of halogens is 2. The summed E-state index contributed by atoms with van der Waals surface area (Å²) in [6.45, 7) is 1.55. The smallest absolute Gasteiger partial charge is 0.307 e. The van der Waals surface area contributed by atoms with Crippen LogP contribution < -0.4 is 11.2 Å². The van der Waals surface area contributed by atoms with Crippen LogP contribution in [0.3, 0.4) is 0 Å². The lowest BCUT2D eigenvalue weighted by Gasteiger charge is -2.09. The Kier molecular flexibility index (Phi) is 4.34. The minimum atomic E-state index is -2.88. The molecule has 4 rings (SSSR count). The number of H-pyrrole nitrogens is 1. The third kappa shape index (κ3) is 3.11. The van der Waals surface area contributed by atoms with Crippen LogP contribution in [0, 0.1) is 6.92 Å². The number of fused-ring (bicyclic) bond motifs is 1. The summed E-state index contributed by atoms with van der Waals surface area (Å²) in [4.78, 5) is 31.6. The van der Waals surface area contributed by atoms with E-state index in [1.165, 1.54) is 4.68 Å². The highest BCUT2D eigenvalue weighted by Gasteiger charge is 2.20. The Hall–Kier alpha value is -3.62. The second-order valence-electron chi connectivity index (χ2n) is 6.30. The Labute approximate surface area is 156 Å². The maximum absolute atomic E-state index is 13.2. The van der Waals surface area contributed by atoms with Gasteiger partial charge in [-0.3, -0.25) is 9.36 Å². The first-order valence-corrected chi connectivity index (χ1v) is 8.47. The number of hydrogen-bond acceptors (Lipinski definition) is 4. The molecule has 2 heterocycles. The van der Waals surface area contributed by atoms with Crippen molar-refractivity contribution in [3.8, 4) is 5.69 Å². The lowest BCUT2D eigenvalue weighted by Crippen LogP contribution is -2.36. The molecule has 0 aliphatic carbocycles. The molecule has 0 atom stereocenters. The molecule has 0 unspecified atom stereocenters. The third-order valence-corrected chi connectivity index (χ3v) is 4.32. The predicted molar refractivity (Wildman–Crippen MR) is 99.0 cm³/mol. The molecule has 0 amide bonds. The highest BCUT2D eigenvalue weighted by molar-refractivity contribution is 5.76. The first kappa shape index (κ1) is 17.8. The molecule has 28 heavy (non-hydrogen) atoms. The maximum Gasteiger partial charge on any atom is 0.329 e. The summed E-state index contributed by atoms with van der Waals surface area (Å²) in [5.41, 5.74) is 0.637. The number of hydrogen-bond donors (Lipinski definition) is 1. The van der Waals surface area contributed by atoms with Gasteiger partial charge in [-0.25, -0.2) is 23.2 Å². The Morgan fingerprint density at radius 1 is 1.11 bits per heavy atom. The van der Waals surface area contributed by atoms with Crippen molar-refractivity contribution in [2.24, 2.45) is 0 Å². The van der Waals surface area contributed by atoms with Crippen LogP contribution >= 0.6 is 0 Å². The number of benzene rings is 2. The van der Waals surface area contributed by atoms with E-state index in [9.17, 15) is 18.4 Å². The number of nitrogens with one attached hydrogen (secondary N) is 1. The van der Waals surface area contributed by atoms with Crippen molar-refractivity contribution in [1.82, 2.24) is 24.3 Å². The zero-order valence-corrected chi connectivity index (χ0v) is 14.8. The largest absolute Gasteiger partial charge is 0.329 e. The number of nitrogens with zero attached hydrogens (tertiary/aromatic N) is 4. The van der Waals surface area contributed by atoms with Crippen molar-refractivity contribution in [1.29, 1.82) is 0 Å². The van der Waals surface area contributed by atoms with Gasteiger partial charge in [0, 0.05) is 0 Å². The van der Waals surface area contributed by atoms with Crippen LogP contribution in [0.2, 0.25) is 0 Å². The highest BCUT2D eigenvalue weighted by Crippen LogP contribution is 2.19. The number of aryl methyl sites for hydroxylation is 1. The molecule has 0 saturated heterocycles. The molecule has 4 aromatic rings. The highest BCUT2D eigenvalue weighted by atomic mass is 19.3. The van der Waals surface area contributed by atoms with Gasteiger partial charge in [0.1, 0.15) is 0 Å². The van der Waals surface area contributed by atoms with Gasteiger partial charge in [0.05, 0.1) is 23.1 Å². The Balaban J connectivity index is 1.88. The van der Waals surface area contributed by atoms with Crippen LogP contribution in [0.5, 0.6) is 0 Å². The molecule has 0 aliphatic rings. The molecule has 0 bridgehead atoms. The fourth-order valence-electron chi connectivity index (χ4n) is 3.01. The van der Waals surface area contributed by atoms with Gasteiger partial charge < -0.3 is 4.98 Å². The van der Waals surface area contributed by atoms with Crippen molar-refractivity contribution in [2.45, 2.75) is 19.9 Å². The Bertz CT molecular complexity index is 1290. The van der Waals surface area contributed by atoms with Crippen LogP contribution in [-0.4, -0.2) is 24.3 Å². The van der Waals surface area contributed by atoms with Gasteiger partial charge in [0.15, 0.2) is 5.82 Å². The molecule has 0 aliphatic heterocycles. The van der Waals surface area contributed by atoms with E-state index in [4.69, 9.17) is 0 Å². The summed E-state index contributed by atoms with van der Waals surface area (Å²) in [6.07, 6.45) is -2.88. The summed E-state index contributed by atoms with van der Waals surface area (Å²) < 4.78 is 28.5. The zero-order chi connectivity index (χ0) is 19.8. The molecule has 2 aromatic heterocycles. The van der Waals surface area contributed by atoms with Gasteiger partial charge >= 0.3 is 5.69 Å². The normalized spacial score (nSPS) is 11.4. The summed E-state index contributed by atoms with van der Waals surface area (Å²) in [7, 11) is 0. The number of aromatic nitrogens is 5. The molecular formula is C19H15F2N5O2. The number of alkyl halides is 2. The van der Waals surface area contributed by atoms with Crippen LogP contribution in [0.15, 0.2) is 58.1 Å². The second-order valence-corrected chi connectivity index (χ2v) is 6.30. The molecular weight excluding hydrogens is 368 g/mol. The van der Waals surface area contributed by atoms with Crippen LogP contribution in [0.1, 0.15) is 23.6 Å². The van der Waals surface area contributed by atoms with Gasteiger partial charge in [-0.2, -0.15) is 0 Å². The number of rotatable bonds is 4. The van der Waals surface area contributed by atoms with Gasteiger partial charge in [-0.05, 0) is 36.8 Å². The summed E-state index contributed by atoms with van der Waals surface area (Å²) in [5.74, 6) is -0.606. The fraction of sp³-hybridized carbons (Fsp3) is 0.158. The van der Waals surface area contributed by atoms with Crippen molar-refractivity contribution >= 4 is 10.9 Å². The van der Waals surface area contributed by atoms with E-state index in [0.29, 0.717) is 16.6 Å². The molecule has 0 spiro atoms. The minimum Gasteiger partial charge on any atom is -0.307 e. The molecule has 9 heteroatoms. The summed E-state index contributed by atoms with van der Waals surface area (Å²) in [5, 5.41) is 4.18. The van der Waals surface area contributed by atoms with E-state index >= 15 is 0 Å². The third-order valence-electron chi connectivity index (χ3n) is 4.32. The van der Waals surface area contributed by atoms with E-state index in [1.54, 1.807) is 42.5 Å². The van der Waals surface area contributed by atoms with E-state index in [2.05, 4.69) is 15.1 Å². The number of aromatic amines is 1. The van der Waals surface area contributed by atoms with E-state index < -0.39 is 23.5 Å². The van der Waals surface area contributed by atoms with Crippen molar-refractivity contribution in [3.63, 3.8) is 0 Å². The first-order chi connectivity index (χ1) is 13.4. The predicted octanol–water partition coefficient (Wildman–Crippen LogP) is 2.56. The zero-order valence-electron chi connectivity index (χ0n) is 14.8. The summed E-state index contributed by atoms with van der Waals surface area (Å²) in [6, 6.07) is 13.6. The molecule has 0 fully saturated rings. The Morgan fingerprint density at radius 2 is 1.89 bits per heavy atom. The molecule has 0 radical (unpaired) electrons. The lowest BCUT2D eigenvalue weighted by atomic mass is 10.2. The molecule has 2 aromatic carbocycles. The molecule has 142 valence electrons. The van der Waals surface area contributed by atoms with E-state index in [-0.39, 0.29) is 12.4 Å². The summed E-state index contributed by atoms with van der Waals surface area (Å²) >= 11 is 0. The second kappa shape index (κ2) is 6.84. The van der Waals surface area contributed by atoms with E-state index in [0.717, 1.165) is 10.1 Å². The quantitative estimate of drug-likeness (QED) is 0.587. The van der Waals surface area contributed by atoms with Gasteiger partial charge in [-0.1, -0.05) is 24.3 Å². The standard InChI is InChI=1S/C19H15F2N5O2/c1-11-5-4-6-12(9-11)26-15(23-17(24-26)16(20)21)10-25-18(27)13-7-2-3-8-14(13)22-19(25)28/h2-9,16H,10H2,1H3,(H,22,28). The van der Waals surface area contributed by atoms with Crippen molar-refractivity contribution < 1.29 is 8.78 Å². The minimum absolute atomic E-state index is 0.0591. The first-order valence-electron chi connectivity index (χ1n) is 8.47. The lowest BCUT2D eigenvalue weighted by molar-refractivity contribution is 0.140. The monoisotopic (exact) mass is 383 g/mol. The van der Waals surface area contributed by atoms with Crippen molar-refractivity contribution in [2.75, 3.05) is 0 Å². The van der Waals surface area contributed by atoms with Gasteiger partial charge in [0.2, 0.25) is 5.82 Å². The maximum atomic E-state index is 13.2. The van der Waals surface area contributed by atoms with Crippen LogP contribution in [0.4, 0.5) is 8.78 Å². The van der Waals surface area contributed by atoms with Crippen molar-refractivity contribution in [3.05, 3.63) is 86.6 Å². The molecule has 1 N–H and O–H groups in total. The molecule has 7 nitrogen and oxygen atoms in total. The Morgan fingerprint density at radius 3 is 2.64 bits per heavy atom.